The highest BCUT2D eigenvalue weighted by atomic mass is 19.1. The zero-order valence-electron chi connectivity index (χ0n) is 10.9. The highest BCUT2D eigenvalue weighted by molar-refractivity contribution is 5.14. The van der Waals surface area contributed by atoms with E-state index in [1.54, 1.807) is 0 Å². The van der Waals surface area contributed by atoms with Gasteiger partial charge in [-0.15, -0.1) is 0 Å². The van der Waals surface area contributed by atoms with Crippen LogP contribution in [0.15, 0.2) is 42.0 Å². The summed E-state index contributed by atoms with van der Waals surface area (Å²) in [5.41, 5.74) is 2.55. The molecule has 0 radical (unpaired) electrons. The number of piperidine rings is 1. The van der Waals surface area contributed by atoms with Crippen molar-refractivity contribution in [1.29, 1.82) is 0 Å². The maximum absolute atomic E-state index is 13.1. The van der Waals surface area contributed by atoms with E-state index in [1.165, 1.54) is 11.1 Å². The molecule has 1 atom stereocenters. The van der Waals surface area contributed by atoms with Gasteiger partial charge in [-0.3, -0.25) is 10.2 Å². The Morgan fingerprint density at radius 1 is 1.39 bits per heavy atom. The van der Waals surface area contributed by atoms with Gasteiger partial charge < -0.3 is 0 Å². The zero-order chi connectivity index (χ0) is 12.8. The first kappa shape index (κ1) is 13.2. The van der Waals surface area contributed by atoms with E-state index in [2.05, 4.69) is 47.6 Å². The fourth-order valence-electron chi connectivity index (χ4n) is 2.22. The lowest BCUT2D eigenvalue weighted by molar-refractivity contribution is 0.252. The molecule has 0 saturated carbocycles. The van der Waals surface area contributed by atoms with Crippen molar-refractivity contribution >= 4 is 0 Å². The molecule has 0 amide bonds. The van der Waals surface area contributed by atoms with Gasteiger partial charge in [0.05, 0.1) is 0 Å². The van der Waals surface area contributed by atoms with Crippen LogP contribution in [-0.4, -0.2) is 31.3 Å². The van der Waals surface area contributed by atoms with Gasteiger partial charge >= 0.3 is 0 Å². The third-order valence-corrected chi connectivity index (χ3v) is 3.24. The monoisotopic (exact) mass is 248 g/mol. The number of likely N-dealkylation sites (N-methyl/N-ethyl adjacent to an activating group) is 1. The Balaban J connectivity index is 1.80. The van der Waals surface area contributed by atoms with Crippen LogP contribution in [0.1, 0.15) is 18.4 Å². The van der Waals surface area contributed by atoms with Crippen LogP contribution in [0.3, 0.4) is 0 Å². The molecule has 0 aliphatic carbocycles. The van der Waals surface area contributed by atoms with Crippen molar-refractivity contribution in [1.82, 2.24) is 10.2 Å². The molecule has 3 heteroatoms. The summed E-state index contributed by atoms with van der Waals surface area (Å²) in [4.78, 5) is 2.25. The Morgan fingerprint density at radius 3 is 2.89 bits per heavy atom. The van der Waals surface area contributed by atoms with Crippen LogP contribution in [0.25, 0.3) is 0 Å². The van der Waals surface area contributed by atoms with E-state index in [4.69, 9.17) is 0 Å². The molecule has 1 aromatic carbocycles. The molecule has 0 aromatic heterocycles. The summed E-state index contributed by atoms with van der Waals surface area (Å²) in [6.45, 7) is 2.58. The molecule has 1 aromatic rings. The van der Waals surface area contributed by atoms with E-state index in [0.29, 0.717) is 6.42 Å². The van der Waals surface area contributed by atoms with Gasteiger partial charge in [-0.2, -0.15) is 0 Å². The fourth-order valence-corrected chi connectivity index (χ4v) is 2.22. The Hall–Kier alpha value is -1.19. The van der Waals surface area contributed by atoms with Gasteiger partial charge in [-0.1, -0.05) is 42.0 Å². The molecule has 2 nitrogen and oxygen atoms in total. The molecule has 1 aliphatic heterocycles. The molecular formula is C15H21FN2. The van der Waals surface area contributed by atoms with Gasteiger partial charge in [0.2, 0.25) is 0 Å². The molecule has 18 heavy (non-hydrogen) atoms. The van der Waals surface area contributed by atoms with Gasteiger partial charge in [0.15, 0.2) is 6.30 Å². The minimum absolute atomic E-state index is 0.541. The molecule has 0 spiro atoms. The molecule has 2 rings (SSSR count). The third kappa shape index (κ3) is 4.24. The lowest BCUT2D eigenvalue weighted by Gasteiger charge is -2.21. The van der Waals surface area contributed by atoms with Crippen molar-refractivity contribution in [3.05, 3.63) is 47.5 Å². The molecular weight excluding hydrogens is 227 g/mol. The van der Waals surface area contributed by atoms with Gasteiger partial charge in [0, 0.05) is 26.1 Å². The van der Waals surface area contributed by atoms with Crippen molar-refractivity contribution in [2.45, 2.75) is 25.7 Å². The van der Waals surface area contributed by atoms with Gasteiger partial charge in [0.1, 0.15) is 0 Å². The molecule has 1 fully saturated rings. The number of hydrogen-bond acceptors (Lipinski definition) is 2. The third-order valence-electron chi connectivity index (χ3n) is 3.24. The van der Waals surface area contributed by atoms with Crippen LogP contribution >= 0.6 is 0 Å². The van der Waals surface area contributed by atoms with Crippen molar-refractivity contribution in [3.8, 4) is 0 Å². The first-order valence-corrected chi connectivity index (χ1v) is 6.52. The average molecular weight is 248 g/mol. The summed E-state index contributed by atoms with van der Waals surface area (Å²) in [5.74, 6) is 0. The van der Waals surface area contributed by atoms with Crippen LogP contribution in [0.5, 0.6) is 0 Å². The quantitative estimate of drug-likeness (QED) is 0.651. The molecule has 1 saturated heterocycles. The molecule has 1 heterocycles. The molecule has 98 valence electrons. The normalized spacial score (nSPS) is 22.6. The van der Waals surface area contributed by atoms with E-state index in [0.717, 1.165) is 26.1 Å². The standard InChI is InChI=1S/C15H21FN2/c1-18(12-14-5-3-2-4-6-14)10-8-13-7-9-17-15(16)11-13/h2-6,8,15,17H,7,9-12H2,1H3. The van der Waals surface area contributed by atoms with Gasteiger partial charge in [-0.05, 0) is 19.0 Å². The number of halogens is 1. The molecule has 1 aliphatic rings. The average Bonchev–Trinajstić information content (AvgIpc) is 2.38. The van der Waals surface area contributed by atoms with Crippen LogP contribution in [0, 0.1) is 0 Å². The number of nitrogens with zero attached hydrogens (tertiary/aromatic N) is 1. The molecule has 1 N–H and O–H groups in total. The van der Waals surface area contributed by atoms with Crippen LogP contribution in [-0.2, 0) is 6.54 Å². The number of benzene rings is 1. The SMILES string of the molecule is CN(CC=C1CCNC(F)C1)Cc1ccccc1. The van der Waals surface area contributed by atoms with Crippen molar-refractivity contribution in [2.24, 2.45) is 0 Å². The van der Waals surface area contributed by atoms with Crippen molar-refractivity contribution < 1.29 is 4.39 Å². The van der Waals surface area contributed by atoms with Crippen molar-refractivity contribution in [3.63, 3.8) is 0 Å². The summed E-state index contributed by atoms with van der Waals surface area (Å²) < 4.78 is 13.1. The number of hydrogen-bond donors (Lipinski definition) is 1. The van der Waals surface area contributed by atoms with Crippen molar-refractivity contribution in [2.75, 3.05) is 20.1 Å². The summed E-state index contributed by atoms with van der Waals surface area (Å²) in [7, 11) is 2.10. The van der Waals surface area contributed by atoms with Gasteiger partial charge in [-0.25, -0.2) is 4.39 Å². The maximum atomic E-state index is 13.1. The van der Waals surface area contributed by atoms with E-state index in [9.17, 15) is 4.39 Å². The van der Waals surface area contributed by atoms with Crippen LogP contribution in [0.2, 0.25) is 0 Å². The molecule has 0 bridgehead atoms. The second-order valence-electron chi connectivity index (χ2n) is 4.92. The summed E-state index contributed by atoms with van der Waals surface area (Å²) >= 11 is 0. The minimum Gasteiger partial charge on any atom is -0.298 e. The zero-order valence-corrected chi connectivity index (χ0v) is 10.9. The highest BCUT2D eigenvalue weighted by Crippen LogP contribution is 2.15. The Kier molecular flexibility index (Phi) is 4.90. The first-order valence-electron chi connectivity index (χ1n) is 6.52. The Labute approximate surface area is 108 Å². The largest absolute Gasteiger partial charge is 0.298 e. The Morgan fingerprint density at radius 2 is 2.17 bits per heavy atom. The second-order valence-corrected chi connectivity index (χ2v) is 4.92. The highest BCUT2D eigenvalue weighted by Gasteiger charge is 2.14. The van der Waals surface area contributed by atoms with E-state index in [-0.39, 0.29) is 0 Å². The van der Waals surface area contributed by atoms with E-state index in [1.807, 2.05) is 6.07 Å². The van der Waals surface area contributed by atoms with E-state index < -0.39 is 6.30 Å². The van der Waals surface area contributed by atoms with Crippen LogP contribution < -0.4 is 5.32 Å². The molecule has 1 unspecified atom stereocenters. The Bertz CT molecular complexity index is 389. The summed E-state index contributed by atoms with van der Waals surface area (Å²) in [5, 5.41) is 2.82. The topological polar surface area (TPSA) is 15.3 Å². The second kappa shape index (κ2) is 6.66. The lowest BCUT2D eigenvalue weighted by Crippen LogP contribution is -2.31. The van der Waals surface area contributed by atoms with Crippen LogP contribution in [0.4, 0.5) is 4.39 Å². The minimum atomic E-state index is -0.857. The predicted octanol–water partition coefficient (Wildman–Crippen LogP) is 2.72. The maximum Gasteiger partial charge on any atom is 0.154 e. The number of nitrogens with one attached hydrogen (secondary N) is 1. The fraction of sp³-hybridized carbons (Fsp3) is 0.467. The smallest absolute Gasteiger partial charge is 0.154 e. The van der Waals surface area contributed by atoms with E-state index >= 15 is 0 Å². The van der Waals surface area contributed by atoms with Gasteiger partial charge in [0.25, 0.3) is 0 Å². The first-order chi connectivity index (χ1) is 8.74. The summed E-state index contributed by atoms with van der Waals surface area (Å²) in [6.07, 6.45) is 2.83. The number of rotatable bonds is 4. The lowest BCUT2D eigenvalue weighted by atomic mass is 10.0. The predicted molar refractivity (Wildman–Crippen MR) is 73.0 cm³/mol. The number of alkyl halides is 1. The summed E-state index contributed by atoms with van der Waals surface area (Å²) in [6, 6.07) is 10.4.